The smallest absolute Gasteiger partial charge is 0.418 e. The summed E-state index contributed by atoms with van der Waals surface area (Å²) >= 11 is 0.00698. The van der Waals surface area contributed by atoms with Crippen LogP contribution in [0.1, 0.15) is 5.56 Å². The first-order valence-electron chi connectivity index (χ1n) is 5.49. The van der Waals surface area contributed by atoms with Crippen LogP contribution in [0.4, 0.5) is 17.3 Å². The van der Waals surface area contributed by atoms with Crippen LogP contribution in [0, 0.1) is 14.1 Å². The minimum atomic E-state index is -6.00. The van der Waals surface area contributed by atoms with Gasteiger partial charge in [-0.2, -0.15) is 0 Å². The van der Waals surface area contributed by atoms with Gasteiger partial charge in [0.1, 0.15) is 0 Å². The number of halogens is 5. The average molecular weight is 382 g/mol. The summed E-state index contributed by atoms with van der Waals surface area (Å²) in [5.41, 5.74) is 1.42. The van der Waals surface area contributed by atoms with Gasteiger partial charge in [-0.25, -0.2) is 0 Å². The van der Waals surface area contributed by atoms with Crippen LogP contribution in [0.3, 0.4) is 0 Å². The van der Waals surface area contributed by atoms with Crippen LogP contribution in [0.15, 0.2) is 54.6 Å². The van der Waals surface area contributed by atoms with Crippen molar-refractivity contribution in [3.63, 3.8) is 0 Å². The Morgan fingerprint density at radius 3 is 1.79 bits per heavy atom. The van der Waals surface area contributed by atoms with Gasteiger partial charge in [-0.15, -0.1) is 0 Å². The van der Waals surface area contributed by atoms with Gasteiger partial charge in [-0.3, -0.25) is 0 Å². The lowest BCUT2D eigenvalue weighted by atomic mass is 10.2. The van der Waals surface area contributed by atoms with Gasteiger partial charge in [-0.1, -0.05) is 36.4 Å². The predicted molar refractivity (Wildman–Crippen MR) is 65.2 cm³/mol. The molecule has 0 radical (unpaired) electrons. The van der Waals surface area contributed by atoms with Crippen LogP contribution in [0.5, 0.6) is 0 Å². The van der Waals surface area contributed by atoms with E-state index >= 15 is 0 Å². The summed E-state index contributed by atoms with van der Waals surface area (Å²) in [6.07, 6.45) is 0. The molecule has 2 aromatic carbocycles. The van der Waals surface area contributed by atoms with Gasteiger partial charge >= 0.3 is 28.5 Å². The normalized spacial score (nSPS) is 10.6. The van der Waals surface area contributed by atoms with Crippen LogP contribution in [-0.2, 0) is 0 Å². The van der Waals surface area contributed by atoms with Crippen molar-refractivity contribution >= 4 is 7.25 Å². The molecule has 0 fully saturated rings. The Kier molecular flexibility index (Phi) is 6.34. The fraction of sp³-hybridized carbons (Fsp3) is 0.0769. The van der Waals surface area contributed by atoms with E-state index in [0.29, 0.717) is 0 Å². The molecule has 0 atom stereocenters. The van der Waals surface area contributed by atoms with Crippen LogP contribution < -0.4 is 21.2 Å². The third-order valence-corrected chi connectivity index (χ3v) is 5.15. The molecule has 0 unspecified atom stereocenters. The number of hydrogen-bond donors (Lipinski definition) is 0. The van der Waals surface area contributed by atoms with E-state index in [0.717, 1.165) is 0 Å². The van der Waals surface area contributed by atoms with Gasteiger partial charge in [0.05, 0.1) is 0 Å². The SMILES string of the molecule is Cc1ccccc1[I+]c1ccccc1.F[B-](F)(F)F. The number of hydrogen-bond acceptors (Lipinski definition) is 0. The fourth-order valence-electron chi connectivity index (χ4n) is 1.25. The zero-order valence-corrected chi connectivity index (χ0v) is 12.3. The molecule has 0 aliphatic carbocycles. The van der Waals surface area contributed by atoms with Crippen molar-refractivity contribution in [2.75, 3.05) is 0 Å². The third kappa shape index (κ3) is 7.87. The highest BCUT2D eigenvalue weighted by Gasteiger charge is 2.20. The molecular formula is C13H12BF4I. The molecule has 0 nitrogen and oxygen atoms in total. The van der Waals surface area contributed by atoms with Gasteiger partial charge in [0.2, 0.25) is 0 Å². The molecule has 0 saturated carbocycles. The Morgan fingerprint density at radius 1 is 0.789 bits per heavy atom. The lowest BCUT2D eigenvalue weighted by molar-refractivity contribution is -0.598. The van der Waals surface area contributed by atoms with Crippen molar-refractivity contribution in [2.24, 2.45) is 0 Å². The molecule has 102 valence electrons. The summed E-state index contributed by atoms with van der Waals surface area (Å²) in [5.74, 6) is 0. The largest absolute Gasteiger partial charge is 0.673 e. The Labute approximate surface area is 120 Å². The van der Waals surface area contributed by atoms with E-state index in [1.54, 1.807) is 0 Å². The molecule has 0 amide bonds. The van der Waals surface area contributed by atoms with Crippen LogP contribution in [0.25, 0.3) is 0 Å². The quantitative estimate of drug-likeness (QED) is 0.419. The van der Waals surface area contributed by atoms with Crippen molar-refractivity contribution in [2.45, 2.75) is 6.92 Å². The highest BCUT2D eigenvalue weighted by molar-refractivity contribution is 6.50. The van der Waals surface area contributed by atoms with Crippen molar-refractivity contribution < 1.29 is 38.5 Å². The van der Waals surface area contributed by atoms with Crippen LogP contribution in [0.2, 0.25) is 0 Å². The lowest BCUT2D eigenvalue weighted by Crippen LogP contribution is -3.61. The van der Waals surface area contributed by atoms with Crippen molar-refractivity contribution in [3.8, 4) is 0 Å². The zero-order chi connectivity index (χ0) is 14.3. The van der Waals surface area contributed by atoms with Gasteiger partial charge < -0.3 is 17.3 Å². The van der Waals surface area contributed by atoms with E-state index in [1.807, 2.05) is 0 Å². The van der Waals surface area contributed by atoms with Crippen LogP contribution >= 0.6 is 0 Å². The Bertz CT molecular complexity index is 493. The summed E-state index contributed by atoms with van der Waals surface area (Å²) in [6, 6.07) is 19.4. The van der Waals surface area contributed by atoms with Gasteiger partial charge in [-0.05, 0) is 25.1 Å². The first-order valence-corrected chi connectivity index (χ1v) is 7.65. The second-order valence-corrected chi connectivity index (χ2v) is 6.58. The van der Waals surface area contributed by atoms with Crippen LogP contribution in [-0.4, -0.2) is 7.25 Å². The average Bonchev–Trinajstić information content (AvgIpc) is 2.31. The highest BCUT2D eigenvalue weighted by atomic mass is 127. The maximum atomic E-state index is 9.75. The molecular weight excluding hydrogens is 370 g/mol. The molecule has 0 bridgehead atoms. The Balaban J connectivity index is 0.000000312. The molecule has 0 heterocycles. The summed E-state index contributed by atoms with van der Waals surface area (Å²) in [6.45, 7) is 2.19. The standard InChI is InChI=1S/C13H12I.BF4/c1-11-7-5-6-10-13(11)14-12-8-3-2-4-9-12;2-1(3,4)5/h2-10H,1H3;/q+1;-1. The molecule has 0 saturated heterocycles. The zero-order valence-electron chi connectivity index (χ0n) is 10.2. The molecule has 0 spiro atoms. The summed E-state index contributed by atoms with van der Waals surface area (Å²) in [4.78, 5) is 0. The first kappa shape index (κ1) is 16.0. The molecule has 0 aliphatic heterocycles. The van der Waals surface area contributed by atoms with Crippen molar-refractivity contribution in [1.29, 1.82) is 0 Å². The van der Waals surface area contributed by atoms with E-state index in [9.17, 15) is 17.3 Å². The minimum absolute atomic E-state index is 0.00698. The van der Waals surface area contributed by atoms with Gasteiger partial charge in [0.25, 0.3) is 0 Å². The van der Waals surface area contributed by atoms with Gasteiger partial charge in [0.15, 0.2) is 7.14 Å². The molecule has 2 rings (SSSR count). The van der Waals surface area contributed by atoms with E-state index in [2.05, 4.69) is 61.5 Å². The molecule has 0 N–H and O–H groups in total. The molecule has 19 heavy (non-hydrogen) atoms. The topological polar surface area (TPSA) is 0 Å². The molecule has 6 heteroatoms. The second kappa shape index (κ2) is 7.52. The van der Waals surface area contributed by atoms with E-state index in [4.69, 9.17) is 0 Å². The fourth-order valence-corrected chi connectivity index (χ4v) is 3.69. The summed E-state index contributed by atoms with van der Waals surface area (Å²) < 4.78 is 42.0. The van der Waals surface area contributed by atoms with E-state index in [-0.39, 0.29) is 21.2 Å². The summed E-state index contributed by atoms with van der Waals surface area (Å²) in [7, 11) is -6.00. The first-order chi connectivity index (χ1) is 8.86. The molecule has 0 aliphatic rings. The molecule has 0 aromatic heterocycles. The minimum Gasteiger partial charge on any atom is -0.418 e. The summed E-state index contributed by atoms with van der Waals surface area (Å²) in [5, 5.41) is 0. The Hall–Kier alpha value is -1.05. The highest BCUT2D eigenvalue weighted by Crippen LogP contribution is 2.06. The maximum absolute atomic E-state index is 9.75. The predicted octanol–water partition coefficient (Wildman–Crippen LogP) is 1.42. The maximum Gasteiger partial charge on any atom is 0.673 e. The van der Waals surface area contributed by atoms with Crippen molar-refractivity contribution in [3.05, 3.63) is 67.3 Å². The molecule has 2 aromatic rings. The van der Waals surface area contributed by atoms with E-state index in [1.165, 1.54) is 12.7 Å². The van der Waals surface area contributed by atoms with Gasteiger partial charge in [0, 0.05) is 5.56 Å². The third-order valence-electron chi connectivity index (χ3n) is 2.02. The number of rotatable bonds is 2. The Morgan fingerprint density at radius 2 is 1.26 bits per heavy atom. The monoisotopic (exact) mass is 382 g/mol. The lowest BCUT2D eigenvalue weighted by Gasteiger charge is -1.94. The number of benzene rings is 2. The van der Waals surface area contributed by atoms with Crippen molar-refractivity contribution in [1.82, 2.24) is 0 Å². The second-order valence-electron chi connectivity index (χ2n) is 3.63. The number of aryl methyl sites for hydroxylation is 1. The van der Waals surface area contributed by atoms with E-state index < -0.39 is 7.25 Å².